The van der Waals surface area contributed by atoms with Crippen molar-refractivity contribution in [2.45, 2.75) is 37.8 Å². The van der Waals surface area contributed by atoms with Crippen LogP contribution in [0.3, 0.4) is 0 Å². The predicted octanol–water partition coefficient (Wildman–Crippen LogP) is 6.00. The lowest BCUT2D eigenvalue weighted by atomic mass is 10.0. The molecule has 4 aromatic rings. The smallest absolute Gasteiger partial charge is 0.303 e. The number of carbonyl (C=O) groups is 3. The van der Waals surface area contributed by atoms with E-state index in [-0.39, 0.29) is 53.3 Å². The second-order valence-electron chi connectivity index (χ2n) is 9.45. The number of amides is 2. The molecule has 1 aliphatic heterocycles. The van der Waals surface area contributed by atoms with Gasteiger partial charge in [0.05, 0.1) is 47.5 Å². The maximum Gasteiger partial charge on any atom is 0.303 e. The van der Waals surface area contributed by atoms with Crippen LogP contribution in [0.15, 0.2) is 52.5 Å². The molecule has 0 saturated carbocycles. The Balaban J connectivity index is 1.33. The van der Waals surface area contributed by atoms with Crippen molar-refractivity contribution in [1.29, 1.82) is 0 Å². The number of thiophene rings is 1. The summed E-state index contributed by atoms with van der Waals surface area (Å²) >= 11 is 14.6. The highest BCUT2D eigenvalue weighted by Crippen LogP contribution is 2.37. The van der Waals surface area contributed by atoms with E-state index in [0.29, 0.717) is 41.1 Å². The van der Waals surface area contributed by atoms with Gasteiger partial charge < -0.3 is 24.6 Å². The van der Waals surface area contributed by atoms with Crippen molar-refractivity contribution >= 4 is 68.1 Å². The zero-order valence-corrected chi connectivity index (χ0v) is 23.7. The number of rotatable bonds is 9. The number of methoxy groups -OCH3 is 1. The van der Waals surface area contributed by atoms with E-state index in [2.05, 4.69) is 10.5 Å². The molecule has 0 aliphatic carbocycles. The lowest BCUT2D eigenvalue weighted by Gasteiger charge is -2.24. The lowest BCUT2D eigenvalue weighted by Crippen LogP contribution is -2.33. The molecular weight excluding hydrogens is 577 g/mol. The Morgan fingerprint density at radius 1 is 1.23 bits per heavy atom. The number of carboxylic acid groups (broad SMARTS) is 1. The minimum Gasteiger partial charge on any atom is -0.481 e. The van der Waals surface area contributed by atoms with Gasteiger partial charge in [-0.3, -0.25) is 14.4 Å². The Labute approximate surface area is 243 Å². The second-order valence-corrected chi connectivity index (χ2v) is 11.2. The van der Waals surface area contributed by atoms with Crippen LogP contribution >= 0.6 is 34.5 Å². The lowest BCUT2D eigenvalue weighted by molar-refractivity contribution is -0.137. The number of nitrogens with zero attached hydrogens (tertiary/aromatic N) is 2. The number of fused-ring (bicyclic) bond motifs is 1. The van der Waals surface area contributed by atoms with Gasteiger partial charge in [-0.05, 0) is 23.8 Å². The number of anilines is 1. The van der Waals surface area contributed by atoms with Gasteiger partial charge in [-0.25, -0.2) is 0 Å². The number of ether oxygens (including phenoxy) is 1. The number of aryl methyl sites for hydroxylation is 1. The van der Waals surface area contributed by atoms with Crippen LogP contribution in [0.1, 0.15) is 46.1 Å². The Morgan fingerprint density at radius 3 is 2.80 bits per heavy atom. The number of likely N-dealkylation sites (tertiary alicyclic amines) is 1. The minimum absolute atomic E-state index is 0.0371. The molecule has 40 heavy (non-hydrogen) atoms. The topological polar surface area (TPSA) is 122 Å². The van der Waals surface area contributed by atoms with Crippen LogP contribution in [-0.4, -0.2) is 52.7 Å². The first-order valence-electron chi connectivity index (χ1n) is 12.5. The molecule has 208 valence electrons. The molecule has 2 amide bonds. The summed E-state index contributed by atoms with van der Waals surface area (Å²) in [5.74, 6) is -1.04. The summed E-state index contributed by atoms with van der Waals surface area (Å²) in [6.45, 7) is 0.345. The number of hydrogen-bond acceptors (Lipinski definition) is 7. The molecule has 9 nitrogen and oxygen atoms in total. The van der Waals surface area contributed by atoms with Gasteiger partial charge in [0.15, 0.2) is 0 Å². The SMILES string of the molecule is CO[C@H]1C[C@@H](c2cnoc2CCC(=O)O)N(C(=O)Cc2cc(Cl)c(NC(=O)c3csc4ccccc34)cc2Cl)C1. The van der Waals surface area contributed by atoms with Gasteiger partial charge in [-0.1, -0.05) is 46.6 Å². The highest BCUT2D eigenvalue weighted by Gasteiger charge is 2.38. The quantitative estimate of drug-likeness (QED) is 0.241. The largest absolute Gasteiger partial charge is 0.481 e. The van der Waals surface area contributed by atoms with Crippen LogP contribution in [0, 0.1) is 0 Å². The molecule has 2 aromatic carbocycles. The number of carbonyl (C=O) groups excluding carboxylic acids is 2. The summed E-state index contributed by atoms with van der Waals surface area (Å²) in [7, 11) is 1.58. The number of benzene rings is 2. The number of aromatic nitrogens is 1. The molecule has 2 aromatic heterocycles. The molecule has 1 aliphatic rings. The van der Waals surface area contributed by atoms with Crippen molar-refractivity contribution in [3.8, 4) is 0 Å². The molecule has 12 heteroatoms. The van der Waals surface area contributed by atoms with E-state index >= 15 is 0 Å². The van der Waals surface area contributed by atoms with E-state index in [0.717, 1.165) is 10.1 Å². The van der Waals surface area contributed by atoms with E-state index in [1.54, 1.807) is 29.5 Å². The third-order valence-electron chi connectivity index (χ3n) is 6.97. The monoisotopic (exact) mass is 601 g/mol. The van der Waals surface area contributed by atoms with Crippen molar-refractivity contribution in [2.24, 2.45) is 0 Å². The average Bonchev–Trinajstić information content (AvgIpc) is 3.67. The molecule has 2 N–H and O–H groups in total. The summed E-state index contributed by atoms with van der Waals surface area (Å²) in [4.78, 5) is 39.2. The summed E-state index contributed by atoms with van der Waals surface area (Å²) in [5.41, 5.74) is 2.05. The highest BCUT2D eigenvalue weighted by atomic mass is 35.5. The molecule has 0 spiro atoms. The zero-order chi connectivity index (χ0) is 28.4. The van der Waals surface area contributed by atoms with E-state index in [4.69, 9.17) is 37.6 Å². The average molecular weight is 602 g/mol. The van der Waals surface area contributed by atoms with Gasteiger partial charge in [0.25, 0.3) is 5.91 Å². The number of carboxylic acids is 1. The van der Waals surface area contributed by atoms with Crippen molar-refractivity contribution in [2.75, 3.05) is 19.0 Å². The standard InChI is InChI=1S/C28H25Cl2N3O6S/c1-38-16-10-23(18-12-31-39-24(18)6-7-27(35)36)33(13-16)26(34)9-15-8-21(30)22(11-20(15)29)32-28(37)19-14-40-25-5-3-2-4-17(19)25/h2-5,8,11-12,14,16,23H,6-7,9-10,13H2,1H3,(H,32,37)(H,35,36)/t16-,23-/m0/s1. The van der Waals surface area contributed by atoms with Crippen molar-refractivity contribution < 1.29 is 28.8 Å². The van der Waals surface area contributed by atoms with Gasteiger partial charge in [0, 0.05) is 52.5 Å². The Hall–Kier alpha value is -3.44. The van der Waals surface area contributed by atoms with Crippen LogP contribution in [0.25, 0.3) is 10.1 Å². The Morgan fingerprint density at radius 2 is 2.02 bits per heavy atom. The summed E-state index contributed by atoms with van der Waals surface area (Å²) in [5, 5.41) is 18.9. The predicted molar refractivity (Wildman–Crippen MR) is 152 cm³/mol. The summed E-state index contributed by atoms with van der Waals surface area (Å²) in [6, 6.07) is 10.4. The fourth-order valence-corrected chi connectivity index (χ4v) is 6.32. The molecule has 0 unspecified atom stereocenters. The van der Waals surface area contributed by atoms with E-state index < -0.39 is 5.97 Å². The fraction of sp³-hybridized carbons (Fsp3) is 0.286. The molecule has 0 radical (unpaired) electrons. The van der Waals surface area contributed by atoms with Gasteiger partial charge in [-0.2, -0.15) is 0 Å². The third kappa shape index (κ3) is 5.85. The van der Waals surface area contributed by atoms with E-state index in [1.807, 2.05) is 24.3 Å². The maximum atomic E-state index is 13.5. The number of halogens is 2. The normalized spacial score (nSPS) is 16.9. The molecular formula is C28H25Cl2N3O6S. The molecule has 0 bridgehead atoms. The van der Waals surface area contributed by atoms with Crippen molar-refractivity contribution in [3.63, 3.8) is 0 Å². The Kier molecular flexibility index (Phi) is 8.41. The first-order valence-corrected chi connectivity index (χ1v) is 14.1. The molecule has 3 heterocycles. The van der Waals surface area contributed by atoms with Crippen LogP contribution in [-0.2, 0) is 27.2 Å². The third-order valence-corrected chi connectivity index (χ3v) is 8.60. The van der Waals surface area contributed by atoms with Gasteiger partial charge in [0.1, 0.15) is 5.76 Å². The van der Waals surface area contributed by atoms with Crippen molar-refractivity contribution in [3.05, 3.63) is 80.5 Å². The Bertz CT molecular complexity index is 1590. The number of aliphatic carboxylic acids is 1. The minimum atomic E-state index is -0.952. The first-order chi connectivity index (χ1) is 19.2. The molecule has 1 saturated heterocycles. The van der Waals surface area contributed by atoms with Gasteiger partial charge in [0.2, 0.25) is 5.91 Å². The summed E-state index contributed by atoms with van der Waals surface area (Å²) in [6.07, 6.45) is 1.84. The van der Waals surface area contributed by atoms with E-state index in [9.17, 15) is 14.4 Å². The van der Waals surface area contributed by atoms with Crippen LogP contribution < -0.4 is 5.32 Å². The van der Waals surface area contributed by atoms with E-state index in [1.165, 1.54) is 17.5 Å². The van der Waals surface area contributed by atoms with Crippen LogP contribution in [0.2, 0.25) is 10.0 Å². The summed E-state index contributed by atoms with van der Waals surface area (Å²) < 4.78 is 11.8. The van der Waals surface area contributed by atoms with Crippen LogP contribution in [0.5, 0.6) is 0 Å². The second kappa shape index (κ2) is 12.0. The number of nitrogens with one attached hydrogen (secondary N) is 1. The molecule has 5 rings (SSSR count). The van der Waals surface area contributed by atoms with Gasteiger partial charge >= 0.3 is 5.97 Å². The van der Waals surface area contributed by atoms with Gasteiger partial charge in [-0.15, -0.1) is 11.3 Å². The highest BCUT2D eigenvalue weighted by molar-refractivity contribution is 7.17. The first kappa shape index (κ1) is 28.1. The zero-order valence-electron chi connectivity index (χ0n) is 21.4. The molecule has 2 atom stereocenters. The maximum absolute atomic E-state index is 13.5. The number of hydrogen-bond donors (Lipinski definition) is 2. The van der Waals surface area contributed by atoms with Crippen molar-refractivity contribution in [1.82, 2.24) is 10.1 Å². The fourth-order valence-electron chi connectivity index (χ4n) is 4.92. The molecule has 1 fully saturated rings. The van der Waals surface area contributed by atoms with Crippen LogP contribution in [0.4, 0.5) is 5.69 Å².